The summed E-state index contributed by atoms with van der Waals surface area (Å²) in [5.41, 5.74) is 0.648. The number of nitro groups is 1. The zero-order chi connectivity index (χ0) is 15.5. The van der Waals surface area contributed by atoms with E-state index in [1.807, 2.05) is 0 Å². The molecule has 2 aromatic rings. The van der Waals surface area contributed by atoms with Crippen LogP contribution in [-0.4, -0.2) is 38.2 Å². The number of nitro benzene ring substituents is 1. The minimum absolute atomic E-state index is 0.0147. The Morgan fingerprint density at radius 3 is 3.09 bits per heavy atom. The number of amides is 1. The first-order valence-corrected chi connectivity index (χ1v) is 9.05. The zero-order valence-corrected chi connectivity index (χ0v) is 13.6. The van der Waals surface area contributed by atoms with Gasteiger partial charge < -0.3 is 5.32 Å². The second kappa shape index (κ2) is 6.63. The molecule has 1 aromatic heterocycles. The van der Waals surface area contributed by atoms with E-state index in [1.54, 1.807) is 17.8 Å². The Kier molecular flexibility index (Phi) is 4.60. The first-order chi connectivity index (χ1) is 10.6. The molecule has 1 amide bonds. The van der Waals surface area contributed by atoms with Gasteiger partial charge in [-0.1, -0.05) is 34.9 Å². The normalized spacial score (nSPS) is 14.1. The molecule has 0 unspecified atom stereocenters. The van der Waals surface area contributed by atoms with Crippen molar-refractivity contribution in [1.82, 2.24) is 4.98 Å². The molecule has 1 aliphatic rings. The van der Waals surface area contributed by atoms with E-state index in [0.717, 1.165) is 16.7 Å². The summed E-state index contributed by atoms with van der Waals surface area (Å²) in [4.78, 5) is 30.7. The number of thiazole rings is 1. The van der Waals surface area contributed by atoms with Gasteiger partial charge in [-0.2, -0.15) is 0 Å². The zero-order valence-electron chi connectivity index (χ0n) is 11.1. The van der Waals surface area contributed by atoms with Crippen LogP contribution in [0.3, 0.4) is 0 Å². The number of rotatable bonds is 4. The van der Waals surface area contributed by atoms with Crippen molar-refractivity contribution in [1.29, 1.82) is 0 Å². The highest BCUT2D eigenvalue weighted by molar-refractivity contribution is 8.39. The molecule has 7 nitrogen and oxygen atoms in total. The predicted octanol–water partition coefficient (Wildman–Crippen LogP) is 2.98. The average molecular weight is 354 g/mol. The third kappa shape index (κ3) is 3.57. The van der Waals surface area contributed by atoms with E-state index in [-0.39, 0.29) is 17.3 Å². The Labute approximate surface area is 137 Å². The third-order valence-electron chi connectivity index (χ3n) is 2.71. The first-order valence-electron chi connectivity index (χ1n) is 6.27. The van der Waals surface area contributed by atoms with Gasteiger partial charge in [0.1, 0.15) is 4.38 Å². The lowest BCUT2D eigenvalue weighted by Crippen LogP contribution is -2.14. The summed E-state index contributed by atoms with van der Waals surface area (Å²) >= 11 is 4.29. The van der Waals surface area contributed by atoms with Gasteiger partial charge in [0, 0.05) is 17.9 Å². The summed E-state index contributed by atoms with van der Waals surface area (Å²) in [5.74, 6) is 1.09. The van der Waals surface area contributed by atoms with Crippen molar-refractivity contribution in [3.8, 4) is 0 Å². The van der Waals surface area contributed by atoms with Gasteiger partial charge in [-0.3, -0.25) is 19.9 Å². The van der Waals surface area contributed by atoms with Crippen molar-refractivity contribution in [3.63, 3.8) is 0 Å². The van der Waals surface area contributed by atoms with Crippen molar-refractivity contribution in [2.45, 2.75) is 0 Å². The largest absolute Gasteiger partial charge is 0.301 e. The van der Waals surface area contributed by atoms with E-state index in [4.69, 9.17) is 0 Å². The summed E-state index contributed by atoms with van der Waals surface area (Å²) in [6.45, 7) is 0.811. The molecule has 0 spiro atoms. The van der Waals surface area contributed by atoms with Crippen molar-refractivity contribution >= 4 is 66.2 Å². The van der Waals surface area contributed by atoms with Crippen molar-refractivity contribution in [3.05, 3.63) is 28.3 Å². The maximum absolute atomic E-state index is 11.9. The topological polar surface area (TPSA) is 97.5 Å². The Balaban J connectivity index is 1.65. The highest BCUT2D eigenvalue weighted by Gasteiger charge is 2.14. The number of nitrogens with zero attached hydrogens (tertiary/aromatic N) is 3. The second-order valence-corrected chi connectivity index (χ2v) is 7.60. The number of aromatic nitrogens is 1. The number of non-ortho nitro benzene ring substituents is 1. The lowest BCUT2D eigenvalue weighted by molar-refractivity contribution is -0.384. The molecule has 114 valence electrons. The number of anilines is 1. The number of carbonyl (C=O) groups excluding carboxylic acids is 1. The Morgan fingerprint density at radius 2 is 2.36 bits per heavy atom. The molecule has 2 heterocycles. The quantitative estimate of drug-likeness (QED) is 0.669. The van der Waals surface area contributed by atoms with Gasteiger partial charge in [0.25, 0.3) is 5.69 Å². The lowest BCUT2D eigenvalue weighted by Gasteiger charge is -2.00. The number of hydrogen-bond donors (Lipinski definition) is 1. The van der Waals surface area contributed by atoms with E-state index in [1.165, 1.54) is 35.2 Å². The molecular weight excluding hydrogens is 344 g/mol. The second-order valence-electron chi connectivity index (χ2n) is 4.26. The van der Waals surface area contributed by atoms with E-state index in [0.29, 0.717) is 15.3 Å². The van der Waals surface area contributed by atoms with Gasteiger partial charge >= 0.3 is 0 Å². The van der Waals surface area contributed by atoms with E-state index in [9.17, 15) is 14.9 Å². The van der Waals surface area contributed by atoms with Crippen LogP contribution in [0.15, 0.2) is 23.2 Å². The lowest BCUT2D eigenvalue weighted by atomic mass is 10.3. The number of aliphatic imine (C=N–C) groups is 1. The molecule has 0 saturated heterocycles. The summed E-state index contributed by atoms with van der Waals surface area (Å²) in [6, 6.07) is 4.44. The maximum atomic E-state index is 11.9. The SMILES string of the molecule is O=C(CSC1=NCCS1)Nc1nc2ccc([N+](=O)[O-])cc2s1. The number of fused-ring (bicyclic) bond motifs is 1. The molecule has 0 bridgehead atoms. The van der Waals surface area contributed by atoms with Gasteiger partial charge in [0.15, 0.2) is 5.13 Å². The minimum atomic E-state index is -0.450. The van der Waals surface area contributed by atoms with E-state index < -0.39 is 4.92 Å². The minimum Gasteiger partial charge on any atom is -0.301 e. The molecule has 10 heteroatoms. The fraction of sp³-hybridized carbons (Fsp3) is 0.250. The molecule has 1 aliphatic heterocycles. The van der Waals surface area contributed by atoms with E-state index >= 15 is 0 Å². The highest BCUT2D eigenvalue weighted by atomic mass is 32.2. The van der Waals surface area contributed by atoms with Crippen molar-refractivity contribution in [2.75, 3.05) is 23.4 Å². The predicted molar refractivity (Wildman–Crippen MR) is 92.1 cm³/mol. The molecule has 0 aliphatic carbocycles. The van der Waals surface area contributed by atoms with Crippen LogP contribution in [0.4, 0.5) is 10.8 Å². The molecule has 22 heavy (non-hydrogen) atoms. The van der Waals surface area contributed by atoms with Crippen LogP contribution in [0.25, 0.3) is 10.2 Å². The van der Waals surface area contributed by atoms with Gasteiger partial charge in [0.2, 0.25) is 5.91 Å². The summed E-state index contributed by atoms with van der Waals surface area (Å²) in [6.07, 6.45) is 0. The first kappa shape index (κ1) is 15.3. The highest BCUT2D eigenvalue weighted by Crippen LogP contribution is 2.29. The van der Waals surface area contributed by atoms with Gasteiger partial charge in [-0.15, -0.1) is 0 Å². The number of thioether (sulfide) groups is 2. The smallest absolute Gasteiger partial charge is 0.270 e. The molecule has 1 N–H and O–H groups in total. The Hall–Kier alpha value is -1.65. The molecule has 1 aromatic carbocycles. The average Bonchev–Trinajstić information content (AvgIpc) is 3.13. The van der Waals surface area contributed by atoms with Crippen LogP contribution in [0.5, 0.6) is 0 Å². The van der Waals surface area contributed by atoms with Gasteiger partial charge in [0.05, 0.1) is 27.4 Å². The molecule has 3 rings (SSSR count). The van der Waals surface area contributed by atoms with Crippen LogP contribution >= 0.6 is 34.9 Å². The maximum Gasteiger partial charge on any atom is 0.270 e. The number of nitrogens with one attached hydrogen (secondary N) is 1. The fourth-order valence-corrected chi connectivity index (χ4v) is 4.49. The van der Waals surface area contributed by atoms with Gasteiger partial charge in [-0.25, -0.2) is 4.98 Å². The Morgan fingerprint density at radius 1 is 1.50 bits per heavy atom. The van der Waals surface area contributed by atoms with Crippen LogP contribution in [0.1, 0.15) is 0 Å². The van der Waals surface area contributed by atoms with Crippen LogP contribution in [0, 0.1) is 10.1 Å². The Bertz CT molecular complexity index is 774. The van der Waals surface area contributed by atoms with Crippen LogP contribution < -0.4 is 5.32 Å². The number of hydrogen-bond acceptors (Lipinski definition) is 8. The monoisotopic (exact) mass is 354 g/mol. The van der Waals surface area contributed by atoms with Crippen LogP contribution in [-0.2, 0) is 4.79 Å². The van der Waals surface area contributed by atoms with E-state index in [2.05, 4.69) is 15.3 Å². The third-order valence-corrected chi connectivity index (χ3v) is 5.90. The molecule has 0 atom stereocenters. The van der Waals surface area contributed by atoms with Crippen LogP contribution in [0.2, 0.25) is 0 Å². The standard InChI is InChI=1S/C12H10N4O3S3/c17-10(6-21-12-13-3-4-20-12)15-11-14-8-2-1-7(16(18)19)5-9(8)22-11/h1-2,5H,3-4,6H2,(H,14,15,17). The molecular formula is C12H10N4O3S3. The molecule has 0 radical (unpaired) electrons. The van der Waals surface area contributed by atoms with Crippen molar-refractivity contribution in [2.24, 2.45) is 4.99 Å². The number of benzene rings is 1. The molecule has 0 saturated carbocycles. The fourth-order valence-electron chi connectivity index (χ4n) is 1.77. The summed E-state index contributed by atoms with van der Waals surface area (Å²) in [7, 11) is 0. The summed E-state index contributed by atoms with van der Waals surface area (Å²) < 4.78 is 1.61. The van der Waals surface area contributed by atoms with Crippen molar-refractivity contribution < 1.29 is 9.72 Å². The number of carbonyl (C=O) groups is 1. The summed E-state index contributed by atoms with van der Waals surface area (Å²) in [5, 5.41) is 13.9. The molecule has 0 fully saturated rings. The van der Waals surface area contributed by atoms with Gasteiger partial charge in [-0.05, 0) is 6.07 Å².